The van der Waals surface area contributed by atoms with Crippen LogP contribution in [0.1, 0.15) is 60.9 Å². The molecule has 0 atom stereocenters. The molecule has 4 rings (SSSR count). The van der Waals surface area contributed by atoms with Crippen molar-refractivity contribution in [2.24, 2.45) is 5.92 Å². The first-order valence-electron chi connectivity index (χ1n) is 12.5. The minimum absolute atomic E-state index is 0.132. The summed E-state index contributed by atoms with van der Waals surface area (Å²) in [5.41, 5.74) is 5.53. The summed E-state index contributed by atoms with van der Waals surface area (Å²) in [6, 6.07) is 4.29. The third-order valence-corrected chi connectivity index (χ3v) is 7.51. The molecule has 1 aromatic heterocycles. The van der Waals surface area contributed by atoms with E-state index in [1.54, 1.807) is 0 Å². The Morgan fingerprint density at radius 1 is 1.06 bits per heavy atom. The van der Waals surface area contributed by atoms with E-state index in [-0.39, 0.29) is 6.03 Å². The summed E-state index contributed by atoms with van der Waals surface area (Å²) in [6.07, 6.45) is 8.86. The van der Waals surface area contributed by atoms with Gasteiger partial charge in [0, 0.05) is 42.4 Å². The number of carbonyl (C=O) groups is 1. The summed E-state index contributed by atoms with van der Waals surface area (Å²) in [7, 11) is 4.13. The van der Waals surface area contributed by atoms with Crippen molar-refractivity contribution in [3.63, 3.8) is 0 Å². The van der Waals surface area contributed by atoms with Crippen molar-refractivity contribution >= 4 is 39.4 Å². The van der Waals surface area contributed by atoms with Gasteiger partial charge in [0.2, 0.25) is 5.95 Å². The van der Waals surface area contributed by atoms with Gasteiger partial charge in [-0.05, 0) is 94.4 Å². The molecule has 0 bridgehead atoms. The van der Waals surface area contributed by atoms with Crippen LogP contribution in [-0.2, 0) is 12.8 Å². The summed E-state index contributed by atoms with van der Waals surface area (Å²) < 4.78 is 1.03. The van der Waals surface area contributed by atoms with Crippen molar-refractivity contribution in [2.75, 3.05) is 36.2 Å². The highest BCUT2D eigenvalue weighted by molar-refractivity contribution is 9.10. The number of urea groups is 1. The number of fused-ring (bicyclic) bond motifs is 1. The summed E-state index contributed by atoms with van der Waals surface area (Å²) in [4.78, 5) is 24.3. The molecule has 1 saturated carbocycles. The van der Waals surface area contributed by atoms with E-state index in [0.717, 1.165) is 71.6 Å². The van der Waals surface area contributed by atoms with Gasteiger partial charge in [0.05, 0.1) is 5.69 Å². The molecular weight excluding hydrogens is 492 g/mol. The van der Waals surface area contributed by atoms with Gasteiger partial charge < -0.3 is 20.9 Å². The summed E-state index contributed by atoms with van der Waals surface area (Å²) in [5, 5.41) is 9.71. The third kappa shape index (κ3) is 6.01. The second kappa shape index (κ2) is 10.9. The smallest absolute Gasteiger partial charge is 0.319 e. The van der Waals surface area contributed by atoms with E-state index < -0.39 is 0 Å². The molecule has 8 heteroatoms. The maximum atomic E-state index is 12.5. The van der Waals surface area contributed by atoms with Crippen LogP contribution in [-0.4, -0.2) is 42.7 Å². The Kier molecular flexibility index (Phi) is 7.96. The van der Waals surface area contributed by atoms with E-state index in [9.17, 15) is 4.79 Å². The molecular formula is C26H37BrN6O. The van der Waals surface area contributed by atoms with Crippen LogP contribution in [0.3, 0.4) is 0 Å². The first kappa shape index (κ1) is 24.8. The van der Waals surface area contributed by atoms with Crippen molar-refractivity contribution in [1.29, 1.82) is 0 Å². The molecule has 1 heterocycles. The summed E-state index contributed by atoms with van der Waals surface area (Å²) in [5.74, 6) is 2.33. The van der Waals surface area contributed by atoms with Gasteiger partial charge in [-0.2, -0.15) is 4.98 Å². The van der Waals surface area contributed by atoms with E-state index in [1.165, 1.54) is 24.1 Å². The number of anilines is 3. The highest BCUT2D eigenvalue weighted by Crippen LogP contribution is 2.30. The van der Waals surface area contributed by atoms with Crippen LogP contribution in [0.25, 0.3) is 0 Å². The number of amides is 2. The number of nitrogens with zero attached hydrogens (tertiary/aromatic N) is 3. The Bertz CT molecular complexity index is 1010. The number of aryl methyl sites for hydroxylation is 3. The van der Waals surface area contributed by atoms with E-state index >= 15 is 0 Å². The van der Waals surface area contributed by atoms with Gasteiger partial charge in [-0.3, -0.25) is 0 Å². The molecule has 34 heavy (non-hydrogen) atoms. The average Bonchev–Trinajstić information content (AvgIpc) is 2.80. The van der Waals surface area contributed by atoms with Crippen LogP contribution in [0.4, 0.5) is 22.2 Å². The molecule has 2 aromatic rings. The Morgan fingerprint density at radius 2 is 1.74 bits per heavy atom. The molecule has 2 amide bonds. The number of nitrogens with one attached hydrogen (secondary N) is 3. The monoisotopic (exact) mass is 528 g/mol. The molecule has 3 N–H and O–H groups in total. The van der Waals surface area contributed by atoms with Crippen molar-refractivity contribution in [2.45, 2.75) is 71.3 Å². The number of rotatable bonds is 6. The van der Waals surface area contributed by atoms with Crippen LogP contribution < -0.4 is 20.9 Å². The lowest BCUT2D eigenvalue weighted by atomic mass is 9.86. The Balaban J connectivity index is 1.26. The second-order valence-electron chi connectivity index (χ2n) is 10.0. The van der Waals surface area contributed by atoms with Crippen LogP contribution in [0.5, 0.6) is 0 Å². The van der Waals surface area contributed by atoms with Gasteiger partial charge >= 0.3 is 6.03 Å². The van der Waals surface area contributed by atoms with Crippen molar-refractivity contribution < 1.29 is 4.79 Å². The molecule has 0 saturated heterocycles. The highest BCUT2D eigenvalue weighted by atomic mass is 79.9. The van der Waals surface area contributed by atoms with Crippen LogP contribution in [0, 0.1) is 19.8 Å². The topological polar surface area (TPSA) is 82.2 Å². The molecule has 1 fully saturated rings. The average molecular weight is 530 g/mol. The SMILES string of the molecule is Cc1cc(Br)cc(C)c1NC(=O)NC[C@H]1CC[C@@H](Nc2nc3c(c(N(C)C)n2)CCCC3)CC1. The third-order valence-electron chi connectivity index (χ3n) is 7.05. The van der Waals surface area contributed by atoms with E-state index in [2.05, 4.69) is 50.9 Å². The zero-order chi connectivity index (χ0) is 24.2. The van der Waals surface area contributed by atoms with E-state index in [0.29, 0.717) is 18.5 Å². The number of aromatic nitrogens is 2. The number of hydrogen-bond donors (Lipinski definition) is 3. The predicted octanol–water partition coefficient (Wildman–Crippen LogP) is 5.59. The van der Waals surface area contributed by atoms with Gasteiger partial charge in [0.1, 0.15) is 5.82 Å². The predicted molar refractivity (Wildman–Crippen MR) is 143 cm³/mol. The molecule has 0 unspecified atom stereocenters. The molecule has 2 aliphatic rings. The number of benzene rings is 1. The molecule has 184 valence electrons. The largest absolute Gasteiger partial charge is 0.362 e. The van der Waals surface area contributed by atoms with Crippen molar-refractivity contribution in [3.8, 4) is 0 Å². The molecule has 0 radical (unpaired) electrons. The second-order valence-corrected chi connectivity index (χ2v) is 10.9. The molecule has 0 aliphatic heterocycles. The molecule has 7 nitrogen and oxygen atoms in total. The quantitative estimate of drug-likeness (QED) is 0.454. The fourth-order valence-electron chi connectivity index (χ4n) is 5.20. The minimum Gasteiger partial charge on any atom is -0.362 e. The standard InChI is InChI=1S/C26H37BrN6O/c1-16-13-19(27)14-17(2)23(16)31-26(34)28-15-18-9-11-20(12-10-18)29-25-30-22-8-6-5-7-21(22)24(32-25)33(3)4/h13-14,18,20H,5-12,15H2,1-4H3,(H2,28,31,34)(H,29,30,32)/t18-,20+. The maximum absolute atomic E-state index is 12.5. The van der Waals surface area contributed by atoms with E-state index in [1.807, 2.05) is 26.0 Å². The molecule has 1 aromatic carbocycles. The number of halogens is 1. The van der Waals surface area contributed by atoms with Gasteiger partial charge in [0.15, 0.2) is 0 Å². The minimum atomic E-state index is -0.132. The Morgan fingerprint density at radius 3 is 2.41 bits per heavy atom. The van der Waals surface area contributed by atoms with Crippen LogP contribution in [0.15, 0.2) is 16.6 Å². The first-order valence-corrected chi connectivity index (χ1v) is 13.2. The zero-order valence-electron chi connectivity index (χ0n) is 20.8. The van der Waals surface area contributed by atoms with Crippen LogP contribution in [0.2, 0.25) is 0 Å². The van der Waals surface area contributed by atoms with Crippen molar-refractivity contribution in [3.05, 3.63) is 39.0 Å². The van der Waals surface area contributed by atoms with Crippen molar-refractivity contribution in [1.82, 2.24) is 15.3 Å². The van der Waals surface area contributed by atoms with Gasteiger partial charge in [-0.15, -0.1) is 0 Å². The number of carbonyl (C=O) groups excluding carboxylic acids is 1. The Hall–Kier alpha value is -2.35. The van der Waals surface area contributed by atoms with Crippen LogP contribution >= 0.6 is 15.9 Å². The highest BCUT2D eigenvalue weighted by Gasteiger charge is 2.24. The fraction of sp³-hybridized carbons (Fsp3) is 0.577. The lowest BCUT2D eigenvalue weighted by molar-refractivity contribution is 0.246. The maximum Gasteiger partial charge on any atom is 0.319 e. The van der Waals surface area contributed by atoms with Gasteiger partial charge in [-0.25, -0.2) is 9.78 Å². The molecule has 0 spiro atoms. The Labute approximate surface area is 211 Å². The van der Waals surface area contributed by atoms with E-state index in [4.69, 9.17) is 9.97 Å². The number of hydrogen-bond acceptors (Lipinski definition) is 5. The fourth-order valence-corrected chi connectivity index (χ4v) is 5.89. The summed E-state index contributed by atoms with van der Waals surface area (Å²) >= 11 is 3.50. The lowest BCUT2D eigenvalue weighted by Gasteiger charge is -2.30. The first-order chi connectivity index (χ1) is 16.3. The summed E-state index contributed by atoms with van der Waals surface area (Å²) in [6.45, 7) is 4.72. The van der Waals surface area contributed by atoms with Gasteiger partial charge in [0.25, 0.3) is 0 Å². The lowest BCUT2D eigenvalue weighted by Crippen LogP contribution is -2.36. The molecule has 2 aliphatic carbocycles. The van der Waals surface area contributed by atoms with Gasteiger partial charge in [-0.1, -0.05) is 15.9 Å². The zero-order valence-corrected chi connectivity index (χ0v) is 22.4. The normalized spacial score (nSPS) is 19.8.